The third-order valence-electron chi connectivity index (χ3n) is 3.93. The molecule has 0 saturated carbocycles. The lowest BCUT2D eigenvalue weighted by atomic mass is 10.0. The second kappa shape index (κ2) is 6.58. The maximum atomic E-state index is 5.19. The standard InChI is InChI=1S/C18H23NO/c1-13-6-5-7-17(14(13)2)12-19-15(3)16-8-10-18(20-4)11-9-16/h5-11,15,19H,12H2,1-4H3/t15-/m1/s1. The molecule has 0 fully saturated rings. The Morgan fingerprint density at radius 1 is 1.05 bits per heavy atom. The van der Waals surface area contributed by atoms with Crippen LogP contribution in [-0.4, -0.2) is 7.11 Å². The van der Waals surface area contributed by atoms with Crippen LogP contribution in [0.3, 0.4) is 0 Å². The average Bonchev–Trinajstić information content (AvgIpc) is 2.48. The first-order valence-corrected chi connectivity index (χ1v) is 7.04. The zero-order chi connectivity index (χ0) is 14.5. The summed E-state index contributed by atoms with van der Waals surface area (Å²) in [5.74, 6) is 0.899. The second-order valence-electron chi connectivity index (χ2n) is 5.23. The molecule has 0 saturated heterocycles. The molecule has 1 N–H and O–H groups in total. The van der Waals surface area contributed by atoms with Crippen LogP contribution in [0.4, 0.5) is 0 Å². The fourth-order valence-corrected chi connectivity index (χ4v) is 2.28. The van der Waals surface area contributed by atoms with Gasteiger partial charge in [-0.3, -0.25) is 0 Å². The molecule has 2 nitrogen and oxygen atoms in total. The van der Waals surface area contributed by atoms with Gasteiger partial charge < -0.3 is 10.1 Å². The third-order valence-corrected chi connectivity index (χ3v) is 3.93. The Labute approximate surface area is 121 Å². The number of rotatable bonds is 5. The van der Waals surface area contributed by atoms with Crippen LogP contribution in [0.5, 0.6) is 5.75 Å². The van der Waals surface area contributed by atoms with Gasteiger partial charge in [-0.15, -0.1) is 0 Å². The van der Waals surface area contributed by atoms with Crippen LogP contribution in [0.1, 0.15) is 35.2 Å². The number of hydrogen-bond donors (Lipinski definition) is 1. The maximum absolute atomic E-state index is 5.19. The average molecular weight is 269 g/mol. The van der Waals surface area contributed by atoms with Crippen molar-refractivity contribution in [3.05, 3.63) is 64.7 Å². The van der Waals surface area contributed by atoms with E-state index in [9.17, 15) is 0 Å². The number of hydrogen-bond acceptors (Lipinski definition) is 2. The minimum absolute atomic E-state index is 0.320. The topological polar surface area (TPSA) is 21.3 Å². The van der Waals surface area contributed by atoms with Gasteiger partial charge in [-0.05, 0) is 55.2 Å². The number of benzene rings is 2. The molecule has 2 aromatic carbocycles. The molecule has 0 spiro atoms. The predicted octanol–water partition coefficient (Wildman–Crippen LogP) is 4.16. The molecule has 2 heteroatoms. The minimum Gasteiger partial charge on any atom is -0.497 e. The predicted molar refractivity (Wildman–Crippen MR) is 84.2 cm³/mol. The molecule has 106 valence electrons. The zero-order valence-electron chi connectivity index (χ0n) is 12.7. The summed E-state index contributed by atoms with van der Waals surface area (Å²) >= 11 is 0. The van der Waals surface area contributed by atoms with E-state index in [4.69, 9.17) is 4.74 Å². The lowest BCUT2D eigenvalue weighted by molar-refractivity contribution is 0.414. The highest BCUT2D eigenvalue weighted by atomic mass is 16.5. The lowest BCUT2D eigenvalue weighted by Gasteiger charge is -2.16. The Hall–Kier alpha value is -1.80. The van der Waals surface area contributed by atoms with Crippen LogP contribution in [0, 0.1) is 13.8 Å². The van der Waals surface area contributed by atoms with Gasteiger partial charge in [-0.2, -0.15) is 0 Å². The number of ether oxygens (including phenoxy) is 1. The molecule has 0 aliphatic heterocycles. The van der Waals surface area contributed by atoms with Crippen LogP contribution in [-0.2, 0) is 6.54 Å². The highest BCUT2D eigenvalue weighted by molar-refractivity contribution is 5.33. The fraction of sp³-hybridized carbons (Fsp3) is 0.333. The molecule has 20 heavy (non-hydrogen) atoms. The Morgan fingerprint density at radius 3 is 2.40 bits per heavy atom. The fourth-order valence-electron chi connectivity index (χ4n) is 2.28. The first kappa shape index (κ1) is 14.6. The van der Waals surface area contributed by atoms with Crippen LogP contribution in [0.2, 0.25) is 0 Å². The van der Waals surface area contributed by atoms with Crippen molar-refractivity contribution < 1.29 is 4.74 Å². The van der Waals surface area contributed by atoms with E-state index >= 15 is 0 Å². The molecule has 0 radical (unpaired) electrons. The van der Waals surface area contributed by atoms with E-state index in [0.717, 1.165) is 12.3 Å². The molecule has 0 aromatic heterocycles. The van der Waals surface area contributed by atoms with Gasteiger partial charge in [-0.25, -0.2) is 0 Å². The summed E-state index contributed by atoms with van der Waals surface area (Å²) in [5, 5.41) is 3.58. The largest absolute Gasteiger partial charge is 0.497 e. The van der Waals surface area contributed by atoms with Crippen molar-refractivity contribution in [2.24, 2.45) is 0 Å². The van der Waals surface area contributed by atoms with Crippen molar-refractivity contribution in [1.29, 1.82) is 0 Å². The Kier molecular flexibility index (Phi) is 4.80. The van der Waals surface area contributed by atoms with Crippen LogP contribution in [0.15, 0.2) is 42.5 Å². The van der Waals surface area contributed by atoms with E-state index in [1.807, 2.05) is 12.1 Å². The number of methoxy groups -OCH3 is 1. The van der Waals surface area contributed by atoms with E-state index < -0.39 is 0 Å². The Morgan fingerprint density at radius 2 is 1.75 bits per heavy atom. The minimum atomic E-state index is 0.320. The van der Waals surface area contributed by atoms with Gasteiger partial charge >= 0.3 is 0 Å². The smallest absolute Gasteiger partial charge is 0.118 e. The summed E-state index contributed by atoms with van der Waals surface area (Å²) in [7, 11) is 1.69. The van der Waals surface area contributed by atoms with E-state index in [1.54, 1.807) is 7.11 Å². The van der Waals surface area contributed by atoms with Gasteiger partial charge in [0.1, 0.15) is 5.75 Å². The molecule has 0 heterocycles. The molecule has 1 atom stereocenters. The first-order valence-electron chi connectivity index (χ1n) is 7.04. The summed E-state index contributed by atoms with van der Waals surface area (Å²) < 4.78 is 5.19. The molecular weight excluding hydrogens is 246 g/mol. The summed E-state index contributed by atoms with van der Waals surface area (Å²) in [5.41, 5.74) is 5.37. The van der Waals surface area contributed by atoms with Gasteiger partial charge in [0.05, 0.1) is 7.11 Å². The monoisotopic (exact) mass is 269 g/mol. The highest BCUT2D eigenvalue weighted by Crippen LogP contribution is 2.19. The summed E-state index contributed by atoms with van der Waals surface area (Å²) in [6, 6.07) is 15.0. The van der Waals surface area contributed by atoms with Crippen LogP contribution >= 0.6 is 0 Å². The molecule has 2 aromatic rings. The van der Waals surface area contributed by atoms with E-state index in [2.05, 4.69) is 56.4 Å². The van der Waals surface area contributed by atoms with Crippen molar-refractivity contribution >= 4 is 0 Å². The second-order valence-corrected chi connectivity index (χ2v) is 5.23. The van der Waals surface area contributed by atoms with Gasteiger partial charge in [0.2, 0.25) is 0 Å². The summed E-state index contributed by atoms with van der Waals surface area (Å²) in [6.07, 6.45) is 0. The quantitative estimate of drug-likeness (QED) is 0.880. The summed E-state index contributed by atoms with van der Waals surface area (Å²) in [6.45, 7) is 7.42. The van der Waals surface area contributed by atoms with E-state index in [0.29, 0.717) is 6.04 Å². The van der Waals surface area contributed by atoms with Gasteiger partial charge in [0.15, 0.2) is 0 Å². The van der Waals surface area contributed by atoms with Crippen molar-refractivity contribution in [2.45, 2.75) is 33.4 Å². The Balaban J connectivity index is 2.00. The van der Waals surface area contributed by atoms with E-state index in [-0.39, 0.29) is 0 Å². The third kappa shape index (κ3) is 3.40. The van der Waals surface area contributed by atoms with Crippen LogP contribution < -0.4 is 10.1 Å². The lowest BCUT2D eigenvalue weighted by Crippen LogP contribution is -2.18. The summed E-state index contributed by atoms with van der Waals surface area (Å²) in [4.78, 5) is 0. The maximum Gasteiger partial charge on any atom is 0.118 e. The number of nitrogens with one attached hydrogen (secondary N) is 1. The van der Waals surface area contributed by atoms with Crippen molar-refractivity contribution in [3.8, 4) is 5.75 Å². The molecule has 0 unspecified atom stereocenters. The van der Waals surface area contributed by atoms with E-state index in [1.165, 1.54) is 22.3 Å². The zero-order valence-corrected chi connectivity index (χ0v) is 12.7. The molecule has 0 amide bonds. The van der Waals surface area contributed by atoms with Crippen molar-refractivity contribution in [2.75, 3.05) is 7.11 Å². The highest BCUT2D eigenvalue weighted by Gasteiger charge is 2.06. The van der Waals surface area contributed by atoms with Crippen molar-refractivity contribution in [1.82, 2.24) is 5.32 Å². The number of aryl methyl sites for hydroxylation is 1. The first-order chi connectivity index (χ1) is 9.61. The molecule has 0 aliphatic carbocycles. The van der Waals surface area contributed by atoms with Gasteiger partial charge in [0.25, 0.3) is 0 Å². The molecule has 2 rings (SSSR count). The van der Waals surface area contributed by atoms with Crippen molar-refractivity contribution in [3.63, 3.8) is 0 Å². The SMILES string of the molecule is COc1ccc([C@@H](C)NCc2cccc(C)c2C)cc1. The molecular formula is C18H23NO. The van der Waals surface area contributed by atoms with Gasteiger partial charge in [0, 0.05) is 12.6 Å². The van der Waals surface area contributed by atoms with Gasteiger partial charge in [-0.1, -0.05) is 30.3 Å². The normalized spacial score (nSPS) is 12.2. The molecule has 0 aliphatic rings. The Bertz CT molecular complexity index is 560. The molecule has 0 bridgehead atoms. The van der Waals surface area contributed by atoms with Crippen LogP contribution in [0.25, 0.3) is 0 Å².